The number of nitrogens with one attached hydrogen (secondary N) is 1. The van der Waals surface area contributed by atoms with Gasteiger partial charge in [0.25, 0.3) is 0 Å². The van der Waals surface area contributed by atoms with Crippen LogP contribution >= 0.6 is 0 Å². The van der Waals surface area contributed by atoms with Gasteiger partial charge in [0.05, 0.1) is 0 Å². The van der Waals surface area contributed by atoms with Gasteiger partial charge in [0, 0.05) is 12.6 Å². The lowest BCUT2D eigenvalue weighted by Gasteiger charge is -2.07. The topological polar surface area (TPSA) is 12.0 Å². The van der Waals surface area contributed by atoms with E-state index >= 15 is 0 Å². The first-order chi connectivity index (χ1) is 7.68. The Kier molecular flexibility index (Phi) is 5.58. The summed E-state index contributed by atoms with van der Waals surface area (Å²) in [6.45, 7) is 7.42. The van der Waals surface area contributed by atoms with Crippen molar-refractivity contribution in [3.05, 3.63) is 53.6 Å². The minimum absolute atomic E-state index is 0.543. The number of hydrogen-bond donors (Lipinski definition) is 1. The van der Waals surface area contributed by atoms with Gasteiger partial charge in [-0.2, -0.15) is 0 Å². The number of benzene rings is 1. The SMILES string of the molecule is CC(=CC=Cc1ccccc1)CNC(C)C. The van der Waals surface area contributed by atoms with E-state index in [0.29, 0.717) is 6.04 Å². The molecule has 0 aliphatic heterocycles. The summed E-state index contributed by atoms with van der Waals surface area (Å²) in [5.41, 5.74) is 2.59. The average molecular weight is 215 g/mol. The van der Waals surface area contributed by atoms with Crippen molar-refractivity contribution in [3.63, 3.8) is 0 Å². The van der Waals surface area contributed by atoms with Gasteiger partial charge in [-0.05, 0) is 12.5 Å². The molecule has 0 unspecified atom stereocenters. The molecule has 0 heterocycles. The minimum Gasteiger partial charge on any atom is -0.311 e. The average Bonchev–Trinajstić information content (AvgIpc) is 2.28. The lowest BCUT2D eigenvalue weighted by molar-refractivity contribution is 0.621. The lowest BCUT2D eigenvalue weighted by atomic mass is 10.2. The maximum atomic E-state index is 3.39. The first-order valence-corrected chi connectivity index (χ1v) is 5.81. The van der Waals surface area contributed by atoms with Crippen molar-refractivity contribution in [1.82, 2.24) is 5.32 Å². The number of rotatable bonds is 5. The van der Waals surface area contributed by atoms with Crippen molar-refractivity contribution in [3.8, 4) is 0 Å². The highest BCUT2D eigenvalue weighted by Crippen LogP contribution is 2.02. The van der Waals surface area contributed by atoms with E-state index in [9.17, 15) is 0 Å². The molecule has 1 heteroatoms. The molecule has 0 radical (unpaired) electrons. The van der Waals surface area contributed by atoms with Gasteiger partial charge in [0.2, 0.25) is 0 Å². The standard InChI is InChI=1S/C15H21N/c1-13(2)16-12-14(3)8-7-11-15-9-5-4-6-10-15/h4-11,13,16H,12H2,1-3H3. The van der Waals surface area contributed by atoms with Gasteiger partial charge in [-0.1, -0.05) is 68.0 Å². The second kappa shape index (κ2) is 7.02. The van der Waals surface area contributed by atoms with Gasteiger partial charge < -0.3 is 5.32 Å². The molecule has 0 saturated heterocycles. The van der Waals surface area contributed by atoms with E-state index in [1.807, 2.05) is 6.07 Å². The molecule has 0 aromatic heterocycles. The Labute approximate surface area is 98.9 Å². The largest absolute Gasteiger partial charge is 0.311 e. The molecule has 0 aliphatic carbocycles. The Morgan fingerprint density at radius 1 is 1.25 bits per heavy atom. The molecule has 0 saturated carbocycles. The molecule has 0 atom stereocenters. The zero-order valence-corrected chi connectivity index (χ0v) is 10.4. The summed E-state index contributed by atoms with van der Waals surface area (Å²) in [7, 11) is 0. The van der Waals surface area contributed by atoms with Crippen LogP contribution in [0.4, 0.5) is 0 Å². The molecule has 0 amide bonds. The maximum absolute atomic E-state index is 3.39. The van der Waals surface area contributed by atoms with Crippen LogP contribution in [0.5, 0.6) is 0 Å². The Bertz CT molecular complexity index is 347. The van der Waals surface area contributed by atoms with Crippen LogP contribution in [0.1, 0.15) is 26.3 Å². The molecule has 0 fully saturated rings. The molecule has 16 heavy (non-hydrogen) atoms. The molecule has 0 spiro atoms. The highest BCUT2D eigenvalue weighted by Gasteiger charge is 1.91. The van der Waals surface area contributed by atoms with E-state index < -0.39 is 0 Å². The van der Waals surface area contributed by atoms with Crippen molar-refractivity contribution in [2.45, 2.75) is 26.8 Å². The molecule has 86 valence electrons. The summed E-state index contributed by atoms with van der Waals surface area (Å²) in [5.74, 6) is 0. The van der Waals surface area contributed by atoms with Crippen LogP contribution in [0, 0.1) is 0 Å². The van der Waals surface area contributed by atoms with Crippen molar-refractivity contribution in [1.29, 1.82) is 0 Å². The third-order valence-electron chi connectivity index (χ3n) is 2.26. The smallest absolute Gasteiger partial charge is 0.0167 e. The van der Waals surface area contributed by atoms with Gasteiger partial charge in [0.15, 0.2) is 0 Å². The van der Waals surface area contributed by atoms with Crippen LogP contribution in [0.3, 0.4) is 0 Å². The molecule has 1 aromatic rings. The fraction of sp³-hybridized carbons (Fsp3) is 0.333. The number of allylic oxidation sites excluding steroid dienone is 2. The monoisotopic (exact) mass is 215 g/mol. The summed E-state index contributed by atoms with van der Waals surface area (Å²) in [6.07, 6.45) is 6.38. The van der Waals surface area contributed by atoms with E-state index in [0.717, 1.165) is 6.54 Å². The zero-order valence-electron chi connectivity index (χ0n) is 10.4. The van der Waals surface area contributed by atoms with Crippen molar-refractivity contribution < 1.29 is 0 Å². The van der Waals surface area contributed by atoms with Gasteiger partial charge in [-0.25, -0.2) is 0 Å². The fourth-order valence-electron chi connectivity index (χ4n) is 1.31. The van der Waals surface area contributed by atoms with Crippen LogP contribution in [-0.4, -0.2) is 12.6 Å². The van der Waals surface area contributed by atoms with Crippen LogP contribution in [0.25, 0.3) is 6.08 Å². The Balaban J connectivity index is 2.43. The fourth-order valence-corrected chi connectivity index (χ4v) is 1.31. The van der Waals surface area contributed by atoms with Crippen molar-refractivity contribution in [2.75, 3.05) is 6.54 Å². The summed E-state index contributed by atoms with van der Waals surface area (Å²) in [6, 6.07) is 10.9. The van der Waals surface area contributed by atoms with E-state index in [1.165, 1.54) is 11.1 Å². The minimum atomic E-state index is 0.543. The highest BCUT2D eigenvalue weighted by atomic mass is 14.9. The van der Waals surface area contributed by atoms with Gasteiger partial charge >= 0.3 is 0 Å². The third-order valence-corrected chi connectivity index (χ3v) is 2.26. The highest BCUT2D eigenvalue weighted by molar-refractivity contribution is 5.50. The number of hydrogen-bond acceptors (Lipinski definition) is 1. The van der Waals surface area contributed by atoms with Gasteiger partial charge in [-0.15, -0.1) is 0 Å². The molecule has 1 N–H and O–H groups in total. The quantitative estimate of drug-likeness (QED) is 0.739. The van der Waals surface area contributed by atoms with E-state index in [1.54, 1.807) is 0 Å². The maximum Gasteiger partial charge on any atom is 0.0167 e. The van der Waals surface area contributed by atoms with Crippen LogP contribution in [-0.2, 0) is 0 Å². The molecule has 1 nitrogen and oxygen atoms in total. The molecule has 0 bridgehead atoms. The second-order valence-electron chi connectivity index (χ2n) is 4.32. The van der Waals surface area contributed by atoms with Crippen LogP contribution < -0.4 is 5.32 Å². The van der Waals surface area contributed by atoms with Crippen molar-refractivity contribution >= 4 is 6.08 Å². The normalized spacial score (nSPS) is 12.6. The lowest BCUT2D eigenvalue weighted by Crippen LogP contribution is -2.24. The first kappa shape index (κ1) is 12.7. The summed E-state index contributed by atoms with van der Waals surface area (Å²) in [5, 5.41) is 3.39. The Hall–Kier alpha value is -1.34. The van der Waals surface area contributed by atoms with Crippen LogP contribution in [0.15, 0.2) is 48.1 Å². The van der Waals surface area contributed by atoms with Crippen LogP contribution in [0.2, 0.25) is 0 Å². The summed E-state index contributed by atoms with van der Waals surface area (Å²) >= 11 is 0. The van der Waals surface area contributed by atoms with E-state index in [-0.39, 0.29) is 0 Å². The second-order valence-corrected chi connectivity index (χ2v) is 4.32. The van der Waals surface area contributed by atoms with Gasteiger partial charge in [-0.3, -0.25) is 0 Å². The van der Waals surface area contributed by atoms with E-state index in [2.05, 4.69) is 68.6 Å². The Morgan fingerprint density at radius 3 is 2.56 bits per heavy atom. The Morgan fingerprint density at radius 2 is 1.94 bits per heavy atom. The summed E-state index contributed by atoms with van der Waals surface area (Å²) in [4.78, 5) is 0. The molecule has 1 rings (SSSR count). The molecular formula is C15H21N. The summed E-state index contributed by atoms with van der Waals surface area (Å²) < 4.78 is 0. The van der Waals surface area contributed by atoms with Crippen molar-refractivity contribution in [2.24, 2.45) is 0 Å². The predicted octanol–water partition coefficient (Wildman–Crippen LogP) is 3.64. The van der Waals surface area contributed by atoms with E-state index in [4.69, 9.17) is 0 Å². The first-order valence-electron chi connectivity index (χ1n) is 5.81. The molecule has 1 aromatic carbocycles. The molecular weight excluding hydrogens is 194 g/mol. The van der Waals surface area contributed by atoms with Gasteiger partial charge in [0.1, 0.15) is 0 Å². The zero-order chi connectivity index (χ0) is 11.8. The predicted molar refractivity (Wildman–Crippen MR) is 72.4 cm³/mol. The molecule has 0 aliphatic rings. The third kappa shape index (κ3) is 5.52.